The van der Waals surface area contributed by atoms with Gasteiger partial charge in [-0.1, -0.05) is 13.8 Å². The molecule has 2 aliphatic heterocycles. The lowest BCUT2D eigenvalue weighted by Gasteiger charge is -2.25. The molecule has 0 aromatic heterocycles. The Balaban J connectivity index is 2.09. The molecule has 26 heavy (non-hydrogen) atoms. The molecule has 10 heteroatoms. The summed E-state index contributed by atoms with van der Waals surface area (Å²) < 4.78 is 4.74. The lowest BCUT2D eigenvalue weighted by atomic mass is 10.1. The molecular formula is C16H25N3O7. The summed E-state index contributed by atoms with van der Waals surface area (Å²) in [5.74, 6) is -1.75. The van der Waals surface area contributed by atoms with Crippen molar-refractivity contribution in [2.24, 2.45) is 5.92 Å². The number of nitrogens with zero attached hydrogens (tertiary/aromatic N) is 2. The number of rotatable bonds is 4. The number of hydrogen-bond acceptors (Lipinski definition) is 6. The van der Waals surface area contributed by atoms with E-state index in [4.69, 9.17) is 9.84 Å². The number of amides is 3. The average Bonchev–Trinajstić information content (AvgIpc) is 3.16. The monoisotopic (exact) mass is 371 g/mol. The van der Waals surface area contributed by atoms with E-state index in [1.807, 2.05) is 0 Å². The van der Waals surface area contributed by atoms with Gasteiger partial charge in [0.2, 0.25) is 11.8 Å². The van der Waals surface area contributed by atoms with E-state index in [9.17, 15) is 24.3 Å². The van der Waals surface area contributed by atoms with E-state index in [2.05, 4.69) is 5.32 Å². The highest BCUT2D eigenvalue weighted by atomic mass is 16.5. The molecule has 0 spiro atoms. The average molecular weight is 371 g/mol. The molecule has 146 valence electrons. The first kappa shape index (κ1) is 20.0. The van der Waals surface area contributed by atoms with Crippen LogP contribution in [-0.4, -0.2) is 88.3 Å². The largest absolute Gasteiger partial charge is 0.467 e. The summed E-state index contributed by atoms with van der Waals surface area (Å²) >= 11 is 0. The zero-order chi connectivity index (χ0) is 19.6. The van der Waals surface area contributed by atoms with E-state index >= 15 is 0 Å². The smallest absolute Gasteiger partial charge is 0.408 e. The van der Waals surface area contributed by atoms with Crippen LogP contribution in [-0.2, 0) is 19.1 Å². The zero-order valence-corrected chi connectivity index (χ0v) is 15.0. The second-order valence-electron chi connectivity index (χ2n) is 6.90. The predicted molar refractivity (Wildman–Crippen MR) is 88.0 cm³/mol. The minimum Gasteiger partial charge on any atom is -0.467 e. The molecule has 2 heterocycles. The third-order valence-corrected chi connectivity index (χ3v) is 4.78. The Bertz CT molecular complexity index is 594. The van der Waals surface area contributed by atoms with Crippen molar-refractivity contribution in [2.75, 3.05) is 20.2 Å². The third-order valence-electron chi connectivity index (χ3n) is 4.78. The Morgan fingerprint density at radius 2 is 1.85 bits per heavy atom. The Hall–Kier alpha value is -2.36. The molecule has 0 saturated carbocycles. The van der Waals surface area contributed by atoms with Gasteiger partial charge in [-0.15, -0.1) is 0 Å². The quantitative estimate of drug-likeness (QED) is 0.540. The second-order valence-corrected chi connectivity index (χ2v) is 6.90. The number of methoxy groups -OCH3 is 1. The third kappa shape index (κ3) is 3.90. The van der Waals surface area contributed by atoms with Crippen LogP contribution in [0.15, 0.2) is 0 Å². The van der Waals surface area contributed by atoms with Gasteiger partial charge in [0, 0.05) is 31.5 Å². The van der Waals surface area contributed by atoms with E-state index in [0.29, 0.717) is 0 Å². The maximum absolute atomic E-state index is 12.5. The number of carbonyl (C=O) groups excluding carboxylic acids is 3. The van der Waals surface area contributed by atoms with Gasteiger partial charge in [-0.3, -0.25) is 14.5 Å². The molecule has 0 bridgehead atoms. The molecule has 2 fully saturated rings. The van der Waals surface area contributed by atoms with E-state index < -0.39 is 42.2 Å². The number of esters is 1. The fourth-order valence-electron chi connectivity index (χ4n) is 3.47. The van der Waals surface area contributed by atoms with Gasteiger partial charge < -0.3 is 25.2 Å². The first-order valence-corrected chi connectivity index (χ1v) is 8.53. The summed E-state index contributed by atoms with van der Waals surface area (Å²) in [5, 5.41) is 21.8. The molecule has 4 atom stereocenters. The highest BCUT2D eigenvalue weighted by Gasteiger charge is 2.45. The van der Waals surface area contributed by atoms with Gasteiger partial charge in [0.15, 0.2) is 0 Å². The molecule has 2 rings (SSSR count). The summed E-state index contributed by atoms with van der Waals surface area (Å²) in [6.07, 6.45) is -2.01. The van der Waals surface area contributed by atoms with Crippen LogP contribution < -0.4 is 5.32 Å². The summed E-state index contributed by atoms with van der Waals surface area (Å²) in [4.78, 5) is 50.3. The summed E-state index contributed by atoms with van der Waals surface area (Å²) in [6, 6.07) is -2.53. The van der Waals surface area contributed by atoms with Crippen LogP contribution >= 0.6 is 0 Å². The van der Waals surface area contributed by atoms with E-state index in [1.165, 1.54) is 12.0 Å². The van der Waals surface area contributed by atoms with Crippen molar-refractivity contribution < 1.29 is 34.1 Å². The van der Waals surface area contributed by atoms with Crippen LogP contribution in [0.2, 0.25) is 0 Å². The number of hydrogen-bond donors (Lipinski definition) is 3. The Kier molecular flexibility index (Phi) is 6.06. The van der Waals surface area contributed by atoms with Crippen molar-refractivity contribution in [3.8, 4) is 0 Å². The molecule has 0 radical (unpaired) electrons. The van der Waals surface area contributed by atoms with Crippen LogP contribution in [0.3, 0.4) is 0 Å². The highest BCUT2D eigenvalue weighted by Crippen LogP contribution is 2.23. The minimum atomic E-state index is -1.28. The Morgan fingerprint density at radius 3 is 2.38 bits per heavy atom. The predicted octanol–water partition coefficient (Wildman–Crippen LogP) is -0.986. The van der Waals surface area contributed by atoms with E-state index in [-0.39, 0.29) is 37.8 Å². The number of likely N-dealkylation sites (tertiary alicyclic amines) is 2. The molecule has 0 aromatic carbocycles. The van der Waals surface area contributed by atoms with Gasteiger partial charge >= 0.3 is 12.1 Å². The van der Waals surface area contributed by atoms with Crippen molar-refractivity contribution in [2.45, 2.75) is 50.9 Å². The standard InChI is InChI=1S/C16H25N3O7/c1-8(2)14(22)19-7-9(6-10(19)15(23)26-3)17-13(21)12-11(20)4-5-18(12)16(24)25/h8-12,20H,4-7H2,1-3H3,(H,17,21)(H,24,25)/t9-,10-,11-,12+/m1/s1. The Labute approximate surface area is 151 Å². The summed E-state index contributed by atoms with van der Waals surface area (Å²) in [6.45, 7) is 3.62. The number of aliphatic hydroxyl groups is 1. The number of carboxylic acid groups (broad SMARTS) is 1. The van der Waals surface area contributed by atoms with Crippen LogP contribution in [0.1, 0.15) is 26.7 Å². The first-order chi connectivity index (χ1) is 12.2. The van der Waals surface area contributed by atoms with Gasteiger partial charge in [-0.05, 0) is 6.42 Å². The van der Waals surface area contributed by atoms with Gasteiger partial charge in [0.05, 0.1) is 13.2 Å². The van der Waals surface area contributed by atoms with Crippen LogP contribution in [0.4, 0.5) is 4.79 Å². The lowest BCUT2D eigenvalue weighted by Crippen LogP contribution is -2.52. The normalized spacial score (nSPS) is 28.3. The van der Waals surface area contributed by atoms with Gasteiger partial charge in [0.1, 0.15) is 12.1 Å². The van der Waals surface area contributed by atoms with E-state index in [0.717, 1.165) is 4.90 Å². The number of aliphatic hydroxyl groups excluding tert-OH is 1. The second kappa shape index (κ2) is 7.90. The molecule has 2 saturated heterocycles. The lowest BCUT2D eigenvalue weighted by molar-refractivity contribution is -0.152. The Morgan fingerprint density at radius 1 is 1.19 bits per heavy atom. The fourth-order valence-corrected chi connectivity index (χ4v) is 3.47. The van der Waals surface area contributed by atoms with Crippen molar-refractivity contribution in [1.82, 2.24) is 15.1 Å². The number of ether oxygens (including phenoxy) is 1. The zero-order valence-electron chi connectivity index (χ0n) is 15.0. The molecule has 3 amide bonds. The number of carbonyl (C=O) groups is 4. The number of nitrogens with one attached hydrogen (secondary N) is 1. The van der Waals surface area contributed by atoms with E-state index in [1.54, 1.807) is 13.8 Å². The fraction of sp³-hybridized carbons (Fsp3) is 0.750. The van der Waals surface area contributed by atoms with Crippen LogP contribution in [0, 0.1) is 5.92 Å². The molecule has 2 aliphatic rings. The van der Waals surface area contributed by atoms with Crippen LogP contribution in [0.5, 0.6) is 0 Å². The van der Waals surface area contributed by atoms with Crippen molar-refractivity contribution >= 4 is 23.9 Å². The van der Waals surface area contributed by atoms with Gasteiger partial charge in [-0.2, -0.15) is 0 Å². The van der Waals surface area contributed by atoms with Crippen molar-refractivity contribution in [3.63, 3.8) is 0 Å². The maximum atomic E-state index is 12.5. The van der Waals surface area contributed by atoms with Crippen molar-refractivity contribution in [1.29, 1.82) is 0 Å². The molecule has 3 N–H and O–H groups in total. The minimum absolute atomic E-state index is 0.0714. The summed E-state index contributed by atoms with van der Waals surface area (Å²) in [7, 11) is 1.23. The first-order valence-electron chi connectivity index (χ1n) is 8.53. The van der Waals surface area contributed by atoms with Gasteiger partial charge in [-0.25, -0.2) is 9.59 Å². The highest BCUT2D eigenvalue weighted by molar-refractivity contribution is 5.88. The molecule has 0 unspecified atom stereocenters. The molecule has 0 aromatic rings. The van der Waals surface area contributed by atoms with Crippen molar-refractivity contribution in [3.05, 3.63) is 0 Å². The maximum Gasteiger partial charge on any atom is 0.408 e. The molecule has 10 nitrogen and oxygen atoms in total. The molecular weight excluding hydrogens is 346 g/mol. The van der Waals surface area contributed by atoms with Gasteiger partial charge in [0.25, 0.3) is 0 Å². The van der Waals surface area contributed by atoms with Crippen LogP contribution in [0.25, 0.3) is 0 Å². The SMILES string of the molecule is COC(=O)[C@H]1C[C@@H](NC(=O)[C@@H]2[C@H](O)CCN2C(=O)O)CN1C(=O)C(C)C. The molecule has 0 aliphatic carbocycles. The summed E-state index contributed by atoms with van der Waals surface area (Å²) in [5.41, 5.74) is 0. The topological polar surface area (TPSA) is 136 Å².